The van der Waals surface area contributed by atoms with Crippen molar-refractivity contribution in [1.29, 1.82) is 0 Å². The van der Waals surface area contributed by atoms with E-state index in [4.69, 9.17) is 0 Å². The Bertz CT molecular complexity index is 318. The molecule has 3 unspecified atom stereocenters. The molecule has 1 fully saturated rings. The van der Waals surface area contributed by atoms with E-state index in [1.165, 1.54) is 0 Å². The Morgan fingerprint density at radius 1 is 1.18 bits per heavy atom. The Morgan fingerprint density at radius 2 is 1.71 bits per heavy atom. The highest BCUT2D eigenvalue weighted by molar-refractivity contribution is 5.83. The monoisotopic (exact) mass is 255 g/mol. The van der Waals surface area contributed by atoms with Crippen molar-refractivity contribution in [3.05, 3.63) is 0 Å². The lowest BCUT2D eigenvalue weighted by molar-refractivity contribution is -0.179. The minimum Gasteiger partial charge on any atom is -0.469 e. The summed E-state index contributed by atoms with van der Waals surface area (Å²) in [7, 11) is 2.03. The number of ether oxygens (including phenoxy) is 2. The van der Waals surface area contributed by atoms with Crippen LogP contribution >= 0.6 is 0 Å². The third-order valence-electron chi connectivity index (χ3n) is 2.68. The van der Waals surface area contributed by atoms with E-state index in [2.05, 4.69) is 14.8 Å². The molecule has 17 heavy (non-hydrogen) atoms. The van der Waals surface area contributed by atoms with Crippen molar-refractivity contribution < 1.29 is 32.2 Å². The first-order valence-electron chi connectivity index (χ1n) is 4.78. The van der Waals surface area contributed by atoms with Crippen LogP contribution in [0.4, 0.5) is 13.2 Å². The molecule has 0 saturated carbocycles. The van der Waals surface area contributed by atoms with Crippen LogP contribution in [0, 0.1) is 11.8 Å². The highest BCUT2D eigenvalue weighted by Gasteiger charge is 2.56. The summed E-state index contributed by atoms with van der Waals surface area (Å²) >= 11 is 0. The van der Waals surface area contributed by atoms with Gasteiger partial charge in [-0.15, -0.1) is 0 Å². The molecule has 0 bridgehead atoms. The number of methoxy groups -OCH3 is 2. The number of hydrogen-bond acceptors (Lipinski definition) is 5. The Labute approximate surface area is 95.2 Å². The molecule has 5 nitrogen and oxygen atoms in total. The molecular weight excluding hydrogens is 243 g/mol. The van der Waals surface area contributed by atoms with E-state index in [-0.39, 0.29) is 6.54 Å². The van der Waals surface area contributed by atoms with Gasteiger partial charge in [0.1, 0.15) is 6.04 Å². The highest BCUT2D eigenvalue weighted by Crippen LogP contribution is 2.35. The number of alkyl halides is 3. The van der Waals surface area contributed by atoms with Crippen LogP contribution in [0.3, 0.4) is 0 Å². The zero-order valence-electron chi connectivity index (χ0n) is 9.21. The fraction of sp³-hybridized carbons (Fsp3) is 0.778. The van der Waals surface area contributed by atoms with Gasteiger partial charge in [0.2, 0.25) is 0 Å². The summed E-state index contributed by atoms with van der Waals surface area (Å²) in [6, 6.07) is -2.08. The molecule has 0 aromatic heterocycles. The van der Waals surface area contributed by atoms with Gasteiger partial charge in [-0.3, -0.25) is 9.59 Å². The van der Waals surface area contributed by atoms with Crippen LogP contribution in [0.15, 0.2) is 0 Å². The molecule has 0 aliphatic carbocycles. The summed E-state index contributed by atoms with van der Waals surface area (Å²) in [5, 5.41) is 2.10. The van der Waals surface area contributed by atoms with Crippen molar-refractivity contribution in [1.82, 2.24) is 5.32 Å². The van der Waals surface area contributed by atoms with Gasteiger partial charge in [0.15, 0.2) is 0 Å². The quantitative estimate of drug-likeness (QED) is 0.709. The van der Waals surface area contributed by atoms with Crippen molar-refractivity contribution in [3.63, 3.8) is 0 Å². The number of halogens is 3. The van der Waals surface area contributed by atoms with E-state index in [0.717, 1.165) is 14.2 Å². The molecule has 0 radical (unpaired) electrons. The first kappa shape index (κ1) is 13.8. The Hall–Kier alpha value is -1.31. The van der Waals surface area contributed by atoms with Gasteiger partial charge in [0, 0.05) is 6.54 Å². The molecule has 1 N–H and O–H groups in total. The topological polar surface area (TPSA) is 64.6 Å². The number of esters is 2. The summed E-state index contributed by atoms with van der Waals surface area (Å²) in [6.45, 7) is -0.267. The molecule has 8 heteroatoms. The van der Waals surface area contributed by atoms with E-state index >= 15 is 0 Å². The minimum absolute atomic E-state index is 0.267. The first-order valence-corrected chi connectivity index (χ1v) is 4.78. The minimum atomic E-state index is -4.62. The van der Waals surface area contributed by atoms with Gasteiger partial charge < -0.3 is 14.8 Å². The lowest BCUT2D eigenvalue weighted by atomic mass is 9.90. The summed E-state index contributed by atoms with van der Waals surface area (Å²) in [5.74, 6) is -4.72. The molecule has 0 aromatic rings. The predicted octanol–water partition coefficient (Wildman–Crippen LogP) is 0.0989. The highest BCUT2D eigenvalue weighted by atomic mass is 19.4. The zero-order valence-corrected chi connectivity index (χ0v) is 9.21. The molecule has 1 aliphatic heterocycles. The standard InChI is InChI=1S/C9H12F3NO4/c1-16-7(14)4-3-13-6(9(10,11)12)5(4)8(15)17-2/h4-6,13H,3H2,1-2H3. The van der Waals surface area contributed by atoms with Crippen molar-refractivity contribution in [2.45, 2.75) is 12.2 Å². The Morgan fingerprint density at radius 3 is 2.12 bits per heavy atom. The van der Waals surface area contributed by atoms with Crippen LogP contribution in [0.1, 0.15) is 0 Å². The number of rotatable bonds is 2. The van der Waals surface area contributed by atoms with E-state index < -0.39 is 36.0 Å². The molecule has 0 aromatic carbocycles. The van der Waals surface area contributed by atoms with Crippen molar-refractivity contribution in [2.75, 3.05) is 20.8 Å². The molecular formula is C9H12F3NO4. The number of carbonyl (C=O) groups is 2. The van der Waals surface area contributed by atoms with Crippen molar-refractivity contribution >= 4 is 11.9 Å². The molecule has 1 saturated heterocycles. The molecule has 0 amide bonds. The molecule has 1 heterocycles. The second-order valence-electron chi connectivity index (χ2n) is 3.61. The van der Waals surface area contributed by atoms with E-state index in [0.29, 0.717) is 0 Å². The fourth-order valence-electron chi connectivity index (χ4n) is 1.88. The van der Waals surface area contributed by atoms with Crippen LogP contribution in [-0.2, 0) is 19.1 Å². The van der Waals surface area contributed by atoms with E-state index in [1.54, 1.807) is 0 Å². The molecule has 3 atom stereocenters. The molecule has 98 valence electrons. The number of carbonyl (C=O) groups excluding carboxylic acids is 2. The second kappa shape index (κ2) is 4.91. The fourth-order valence-corrected chi connectivity index (χ4v) is 1.88. The molecule has 0 spiro atoms. The van der Waals surface area contributed by atoms with Gasteiger partial charge in [-0.2, -0.15) is 13.2 Å². The van der Waals surface area contributed by atoms with Crippen LogP contribution < -0.4 is 5.32 Å². The average molecular weight is 255 g/mol. The maximum atomic E-state index is 12.6. The maximum Gasteiger partial charge on any atom is 0.404 e. The van der Waals surface area contributed by atoms with E-state index in [1.807, 2.05) is 0 Å². The third kappa shape index (κ3) is 2.68. The van der Waals surface area contributed by atoms with Crippen LogP contribution in [0.5, 0.6) is 0 Å². The Kier molecular flexibility index (Phi) is 3.97. The van der Waals surface area contributed by atoms with E-state index in [9.17, 15) is 22.8 Å². The zero-order chi connectivity index (χ0) is 13.2. The largest absolute Gasteiger partial charge is 0.469 e. The van der Waals surface area contributed by atoms with Crippen LogP contribution in [0.2, 0.25) is 0 Å². The summed E-state index contributed by atoms with van der Waals surface area (Å²) in [6.07, 6.45) is -4.62. The molecule has 1 aliphatic rings. The van der Waals surface area contributed by atoms with Crippen molar-refractivity contribution in [3.8, 4) is 0 Å². The van der Waals surface area contributed by atoms with Crippen molar-refractivity contribution in [2.24, 2.45) is 11.8 Å². The van der Waals surface area contributed by atoms with Crippen LogP contribution in [0.25, 0.3) is 0 Å². The normalized spacial score (nSPS) is 28.9. The smallest absolute Gasteiger partial charge is 0.404 e. The maximum absolute atomic E-state index is 12.6. The van der Waals surface area contributed by atoms with Gasteiger partial charge in [-0.05, 0) is 0 Å². The van der Waals surface area contributed by atoms with Gasteiger partial charge in [-0.1, -0.05) is 0 Å². The molecule has 1 rings (SSSR count). The lowest BCUT2D eigenvalue weighted by Gasteiger charge is -2.22. The van der Waals surface area contributed by atoms with Gasteiger partial charge in [0.05, 0.1) is 26.1 Å². The third-order valence-corrected chi connectivity index (χ3v) is 2.68. The van der Waals surface area contributed by atoms with Crippen LogP contribution in [-0.4, -0.2) is 44.9 Å². The first-order chi connectivity index (χ1) is 7.82. The van der Waals surface area contributed by atoms with Gasteiger partial charge in [0.25, 0.3) is 0 Å². The summed E-state index contributed by atoms with van der Waals surface area (Å²) < 4.78 is 46.5. The summed E-state index contributed by atoms with van der Waals surface area (Å²) in [5.41, 5.74) is 0. The number of nitrogens with one attached hydrogen (secondary N) is 1. The van der Waals surface area contributed by atoms with Gasteiger partial charge >= 0.3 is 18.1 Å². The predicted molar refractivity (Wildman–Crippen MR) is 48.9 cm³/mol. The SMILES string of the molecule is COC(=O)C1CNC(C(F)(F)F)C1C(=O)OC. The second-order valence-corrected chi connectivity index (χ2v) is 3.61. The lowest BCUT2D eigenvalue weighted by Crippen LogP contribution is -2.45. The number of hydrogen-bond donors (Lipinski definition) is 1. The van der Waals surface area contributed by atoms with Gasteiger partial charge in [-0.25, -0.2) is 0 Å². The Balaban J connectivity index is 2.97. The average Bonchev–Trinajstić information content (AvgIpc) is 2.70. The summed E-state index contributed by atoms with van der Waals surface area (Å²) in [4.78, 5) is 22.6.